The van der Waals surface area contributed by atoms with Crippen molar-refractivity contribution in [1.82, 2.24) is 9.03 Å². The van der Waals surface area contributed by atoms with Crippen LogP contribution in [0.1, 0.15) is 42.9 Å². The molecule has 0 radical (unpaired) electrons. The van der Waals surface area contributed by atoms with Crippen molar-refractivity contribution in [2.75, 3.05) is 13.1 Å². The number of nitriles is 1. The summed E-state index contributed by atoms with van der Waals surface area (Å²) in [4.78, 5) is 0. The first kappa shape index (κ1) is 16.1. The molecule has 3 aliphatic rings. The van der Waals surface area contributed by atoms with Gasteiger partial charge >= 0.3 is 0 Å². The molecule has 2 bridgehead atoms. The quantitative estimate of drug-likeness (QED) is 0.891. The molecule has 1 aromatic rings. The lowest BCUT2D eigenvalue weighted by atomic mass is 9.79. The number of hydrogen-bond acceptors (Lipinski definition) is 3. The van der Waals surface area contributed by atoms with Gasteiger partial charge in [-0.1, -0.05) is 13.0 Å². The zero-order chi connectivity index (χ0) is 16.9. The molecule has 1 N–H and O–H groups in total. The lowest BCUT2D eigenvalue weighted by molar-refractivity contribution is 0.213. The van der Waals surface area contributed by atoms with Crippen LogP contribution in [0, 0.1) is 23.2 Å². The summed E-state index contributed by atoms with van der Waals surface area (Å²) in [6.45, 7) is 3.20. The van der Waals surface area contributed by atoms with Crippen molar-refractivity contribution in [1.29, 1.82) is 5.26 Å². The maximum atomic E-state index is 12.6. The molecule has 1 heterocycles. The average molecular weight is 345 g/mol. The van der Waals surface area contributed by atoms with E-state index >= 15 is 0 Å². The number of benzene rings is 1. The van der Waals surface area contributed by atoms with Crippen LogP contribution < -0.4 is 4.72 Å². The van der Waals surface area contributed by atoms with Gasteiger partial charge in [0.05, 0.1) is 17.2 Å². The maximum Gasteiger partial charge on any atom is 0.280 e. The second kappa shape index (κ2) is 5.55. The minimum absolute atomic E-state index is 0.314. The van der Waals surface area contributed by atoms with E-state index in [1.54, 1.807) is 4.31 Å². The fourth-order valence-electron chi connectivity index (χ4n) is 5.02. The Labute approximate surface area is 143 Å². The Balaban J connectivity index is 1.72. The van der Waals surface area contributed by atoms with Crippen molar-refractivity contribution >= 4 is 10.2 Å². The van der Waals surface area contributed by atoms with Gasteiger partial charge in [-0.25, -0.2) is 0 Å². The summed E-state index contributed by atoms with van der Waals surface area (Å²) in [6, 6.07) is 8.16. The van der Waals surface area contributed by atoms with Gasteiger partial charge in [0.15, 0.2) is 0 Å². The summed E-state index contributed by atoms with van der Waals surface area (Å²) in [5, 5.41) is 9.16. The number of rotatable bonds is 2. The highest BCUT2D eigenvalue weighted by Gasteiger charge is 2.59. The minimum Gasteiger partial charge on any atom is -0.195 e. The maximum absolute atomic E-state index is 12.6. The van der Waals surface area contributed by atoms with E-state index in [0.717, 1.165) is 32.1 Å². The summed E-state index contributed by atoms with van der Waals surface area (Å²) < 4.78 is 29.9. The normalized spacial score (nSPS) is 34.0. The predicted octanol–water partition coefficient (Wildman–Crippen LogP) is 1.98. The van der Waals surface area contributed by atoms with Crippen molar-refractivity contribution in [2.45, 2.75) is 44.6 Å². The molecule has 0 amide bonds. The van der Waals surface area contributed by atoms with Gasteiger partial charge in [0.2, 0.25) is 0 Å². The molecule has 0 aromatic heterocycles. The van der Waals surface area contributed by atoms with E-state index < -0.39 is 10.2 Å². The molecule has 1 aromatic carbocycles. The van der Waals surface area contributed by atoms with E-state index in [1.807, 2.05) is 19.1 Å². The van der Waals surface area contributed by atoms with E-state index in [2.05, 4.69) is 16.9 Å². The van der Waals surface area contributed by atoms with Crippen LogP contribution in [0.3, 0.4) is 0 Å². The molecular weight excluding hydrogens is 322 g/mol. The Kier molecular flexibility index (Phi) is 3.72. The lowest BCUT2D eigenvalue weighted by Gasteiger charge is -2.33. The van der Waals surface area contributed by atoms with Crippen LogP contribution in [0.5, 0.6) is 0 Å². The second-order valence-electron chi connectivity index (χ2n) is 7.46. The zero-order valence-corrected chi connectivity index (χ0v) is 14.8. The average Bonchev–Trinajstić information content (AvgIpc) is 2.93. The highest BCUT2D eigenvalue weighted by Crippen LogP contribution is 2.50. The molecule has 4 rings (SSSR count). The third kappa shape index (κ3) is 2.30. The predicted molar refractivity (Wildman–Crippen MR) is 91.4 cm³/mol. The highest BCUT2D eigenvalue weighted by atomic mass is 32.2. The summed E-state index contributed by atoms with van der Waals surface area (Å²) in [5.74, 6) is 0.655. The van der Waals surface area contributed by atoms with E-state index in [0.29, 0.717) is 30.5 Å². The van der Waals surface area contributed by atoms with Crippen LogP contribution in [-0.4, -0.2) is 31.4 Å². The number of nitrogens with zero attached hydrogens (tertiary/aromatic N) is 2. The van der Waals surface area contributed by atoms with Gasteiger partial charge in [-0.15, -0.1) is 0 Å². The van der Waals surface area contributed by atoms with Crippen LogP contribution in [0.2, 0.25) is 0 Å². The Morgan fingerprint density at radius 1 is 1.29 bits per heavy atom. The molecule has 0 unspecified atom stereocenters. The molecule has 6 heteroatoms. The SMILES string of the molecule is CCCN1C[C@@]2(NS1(=O)=O)[C@@H]1CC[C@H]2Cc2cc(C#N)ccc2C1. The van der Waals surface area contributed by atoms with Gasteiger partial charge in [-0.2, -0.15) is 22.7 Å². The minimum atomic E-state index is -3.37. The number of fused-ring (bicyclic) bond motifs is 1. The van der Waals surface area contributed by atoms with E-state index in [1.165, 1.54) is 11.1 Å². The largest absolute Gasteiger partial charge is 0.280 e. The summed E-state index contributed by atoms with van der Waals surface area (Å²) in [5.41, 5.74) is 2.88. The molecule has 1 aliphatic heterocycles. The van der Waals surface area contributed by atoms with E-state index in [9.17, 15) is 8.42 Å². The molecule has 2 fully saturated rings. The summed E-state index contributed by atoms with van der Waals surface area (Å²) in [7, 11) is -3.37. The zero-order valence-electron chi connectivity index (χ0n) is 14.0. The molecule has 128 valence electrons. The van der Waals surface area contributed by atoms with Crippen molar-refractivity contribution in [3.63, 3.8) is 0 Å². The third-order valence-corrected chi connectivity index (χ3v) is 7.79. The van der Waals surface area contributed by atoms with E-state index in [4.69, 9.17) is 5.26 Å². The van der Waals surface area contributed by atoms with Gasteiger partial charge < -0.3 is 0 Å². The third-order valence-electron chi connectivity index (χ3n) is 6.16. The van der Waals surface area contributed by atoms with Crippen LogP contribution in [0.25, 0.3) is 0 Å². The monoisotopic (exact) mass is 345 g/mol. The molecule has 5 nitrogen and oxygen atoms in total. The van der Waals surface area contributed by atoms with Crippen molar-refractivity contribution in [2.24, 2.45) is 11.8 Å². The molecule has 1 spiro atoms. The first-order chi connectivity index (χ1) is 11.5. The Morgan fingerprint density at radius 2 is 2.00 bits per heavy atom. The Morgan fingerprint density at radius 3 is 2.67 bits per heavy atom. The first-order valence-electron chi connectivity index (χ1n) is 8.79. The van der Waals surface area contributed by atoms with Crippen molar-refractivity contribution < 1.29 is 8.42 Å². The topological polar surface area (TPSA) is 73.2 Å². The molecular formula is C18H23N3O2S. The van der Waals surface area contributed by atoms with Gasteiger partial charge in [-0.05, 0) is 67.2 Å². The van der Waals surface area contributed by atoms with Crippen LogP contribution >= 0.6 is 0 Å². The molecule has 24 heavy (non-hydrogen) atoms. The molecule has 1 saturated heterocycles. The van der Waals surface area contributed by atoms with Gasteiger partial charge in [0, 0.05) is 13.1 Å². The lowest BCUT2D eigenvalue weighted by Crippen LogP contribution is -2.52. The van der Waals surface area contributed by atoms with E-state index in [-0.39, 0.29) is 5.54 Å². The van der Waals surface area contributed by atoms with Gasteiger partial charge in [-0.3, -0.25) is 0 Å². The standard InChI is InChI=1S/C18H23N3O2S/c1-2-7-21-12-18(20-24(21,22)23)16-5-6-17(18)10-15-8-13(11-19)3-4-14(15)9-16/h3-4,8,16-17,20H,2,5-7,9-10,12H2,1H3/t16-,17+,18-/m1/s1. The highest BCUT2D eigenvalue weighted by molar-refractivity contribution is 7.87. The van der Waals surface area contributed by atoms with Gasteiger partial charge in [0.1, 0.15) is 0 Å². The second-order valence-corrected chi connectivity index (χ2v) is 9.13. The Hall–Kier alpha value is -1.42. The smallest absolute Gasteiger partial charge is 0.195 e. The fraction of sp³-hybridized carbons (Fsp3) is 0.611. The molecule has 2 aliphatic carbocycles. The molecule has 1 saturated carbocycles. The number of hydrogen-bond donors (Lipinski definition) is 1. The fourth-order valence-corrected chi connectivity index (χ4v) is 6.84. The van der Waals surface area contributed by atoms with Crippen LogP contribution in [-0.2, 0) is 23.1 Å². The summed E-state index contributed by atoms with van der Waals surface area (Å²) >= 11 is 0. The van der Waals surface area contributed by atoms with Crippen molar-refractivity contribution in [3.05, 3.63) is 34.9 Å². The first-order valence-corrected chi connectivity index (χ1v) is 10.2. The van der Waals surface area contributed by atoms with Crippen LogP contribution in [0.15, 0.2) is 18.2 Å². The van der Waals surface area contributed by atoms with Crippen molar-refractivity contribution in [3.8, 4) is 6.07 Å². The summed E-state index contributed by atoms with van der Waals surface area (Å²) in [6.07, 6.45) is 4.73. The Bertz CT molecular complexity index is 814. The number of nitrogens with one attached hydrogen (secondary N) is 1. The van der Waals surface area contributed by atoms with Gasteiger partial charge in [0.25, 0.3) is 10.2 Å². The molecule has 3 atom stereocenters. The van der Waals surface area contributed by atoms with Crippen LogP contribution in [0.4, 0.5) is 0 Å².